The van der Waals surface area contributed by atoms with E-state index >= 15 is 0 Å². The monoisotopic (exact) mass is 499 g/mol. The van der Waals surface area contributed by atoms with E-state index in [1.807, 2.05) is 0 Å². The van der Waals surface area contributed by atoms with Crippen molar-refractivity contribution in [3.05, 3.63) is 68.2 Å². The maximum atomic E-state index is 12.5. The summed E-state index contributed by atoms with van der Waals surface area (Å²) >= 11 is 7.71. The van der Waals surface area contributed by atoms with Gasteiger partial charge in [0.2, 0.25) is 5.17 Å². The summed E-state index contributed by atoms with van der Waals surface area (Å²) in [7, 11) is 0. The van der Waals surface area contributed by atoms with Gasteiger partial charge in [0.1, 0.15) is 6.61 Å². The largest absolute Gasteiger partial charge is 0.490 e. The van der Waals surface area contributed by atoms with Crippen molar-refractivity contribution in [2.45, 2.75) is 20.5 Å². The van der Waals surface area contributed by atoms with E-state index in [0.717, 1.165) is 0 Å². The lowest BCUT2D eigenvalue weighted by Gasteiger charge is -2.20. The molecule has 2 heterocycles. The minimum Gasteiger partial charge on any atom is -0.490 e. The second kappa shape index (κ2) is 9.65. The van der Waals surface area contributed by atoms with Gasteiger partial charge in [-0.25, -0.2) is 0 Å². The van der Waals surface area contributed by atoms with E-state index in [4.69, 9.17) is 26.5 Å². The van der Waals surface area contributed by atoms with E-state index in [2.05, 4.69) is 10.1 Å². The third-order valence-corrected chi connectivity index (χ3v) is 5.83. The molecule has 0 radical (unpaired) electrons. The Balaban J connectivity index is 1.60. The van der Waals surface area contributed by atoms with Crippen molar-refractivity contribution in [1.29, 1.82) is 5.41 Å². The number of halogens is 1. The Bertz CT molecular complexity index is 1290. The minimum atomic E-state index is -0.541. The highest BCUT2D eigenvalue weighted by molar-refractivity contribution is 8.26. The highest BCUT2D eigenvalue weighted by atomic mass is 35.5. The number of carbonyl (C=O) groups is 1. The third-order valence-electron chi connectivity index (χ3n) is 4.73. The first-order valence-electron chi connectivity index (χ1n) is 10.1. The summed E-state index contributed by atoms with van der Waals surface area (Å²) in [5.74, 6) is 0.0343. The number of amides is 1. The molecule has 0 bridgehead atoms. The molecule has 2 aromatic carbocycles. The van der Waals surface area contributed by atoms with Gasteiger partial charge in [-0.15, -0.1) is 0 Å². The number of ether oxygens (including phenoxy) is 2. The van der Waals surface area contributed by atoms with Gasteiger partial charge in [-0.2, -0.15) is 15.1 Å². The van der Waals surface area contributed by atoms with E-state index in [1.165, 1.54) is 35.0 Å². The Labute approximate surface area is 203 Å². The van der Waals surface area contributed by atoms with E-state index in [0.29, 0.717) is 39.4 Å². The van der Waals surface area contributed by atoms with Crippen LogP contribution in [0, 0.1) is 15.5 Å². The van der Waals surface area contributed by atoms with E-state index in [-0.39, 0.29) is 28.7 Å². The SMILES string of the molecule is CCOc1cc(C=C2C(=N)N3N=C(C)SC3=NC2=O)cc(Cl)c1OCc1ccc([N+](=O)[O-])cc1. The zero-order valence-electron chi connectivity index (χ0n) is 18.1. The molecule has 34 heavy (non-hydrogen) atoms. The number of nitro groups is 1. The first-order chi connectivity index (χ1) is 16.3. The van der Waals surface area contributed by atoms with Gasteiger partial charge in [-0.1, -0.05) is 11.6 Å². The number of fused-ring (bicyclic) bond motifs is 1. The topological polar surface area (TPSA) is 130 Å². The maximum Gasteiger partial charge on any atom is 0.283 e. The number of rotatable bonds is 7. The fourth-order valence-electron chi connectivity index (χ4n) is 3.20. The highest BCUT2D eigenvalue weighted by Gasteiger charge is 2.34. The average molecular weight is 500 g/mol. The van der Waals surface area contributed by atoms with Gasteiger partial charge in [0.25, 0.3) is 11.6 Å². The van der Waals surface area contributed by atoms with Gasteiger partial charge >= 0.3 is 0 Å². The lowest BCUT2D eigenvalue weighted by molar-refractivity contribution is -0.384. The highest BCUT2D eigenvalue weighted by Crippen LogP contribution is 2.38. The molecule has 0 unspecified atom stereocenters. The molecule has 0 fully saturated rings. The summed E-state index contributed by atoms with van der Waals surface area (Å²) in [5, 5.41) is 26.0. The minimum absolute atomic E-state index is 0.0122. The smallest absolute Gasteiger partial charge is 0.283 e. The van der Waals surface area contributed by atoms with E-state index < -0.39 is 10.8 Å². The van der Waals surface area contributed by atoms with E-state index in [9.17, 15) is 14.9 Å². The van der Waals surface area contributed by atoms with Crippen LogP contribution in [0.4, 0.5) is 5.69 Å². The number of thioether (sulfide) groups is 1. The molecule has 12 heteroatoms. The Morgan fingerprint density at radius 3 is 2.68 bits per heavy atom. The van der Waals surface area contributed by atoms with Gasteiger partial charge in [0.05, 0.1) is 27.2 Å². The normalized spacial score (nSPS) is 16.3. The second-order valence-electron chi connectivity index (χ2n) is 7.11. The number of benzene rings is 2. The fraction of sp³-hybridized carbons (Fsp3) is 0.182. The van der Waals surface area contributed by atoms with Gasteiger partial charge in [0, 0.05) is 12.1 Å². The molecule has 1 N–H and O–H groups in total. The lowest BCUT2D eigenvalue weighted by Crippen LogP contribution is -2.35. The number of hydrogen-bond acceptors (Lipinski definition) is 8. The number of nitrogens with zero attached hydrogens (tertiary/aromatic N) is 4. The molecule has 0 saturated carbocycles. The van der Waals surface area contributed by atoms with Crippen LogP contribution in [-0.2, 0) is 11.4 Å². The van der Waals surface area contributed by atoms with Crippen LogP contribution in [0.1, 0.15) is 25.0 Å². The van der Waals surface area contributed by atoms with Crippen molar-refractivity contribution in [2.24, 2.45) is 10.1 Å². The summed E-state index contributed by atoms with van der Waals surface area (Å²) < 4.78 is 11.5. The van der Waals surface area contributed by atoms with Gasteiger partial charge in [0.15, 0.2) is 17.3 Å². The van der Waals surface area contributed by atoms with Crippen molar-refractivity contribution >= 4 is 57.1 Å². The summed E-state index contributed by atoms with van der Waals surface area (Å²) in [6.45, 7) is 4.03. The Hall–Kier alpha value is -3.70. The Kier molecular flexibility index (Phi) is 6.66. The third kappa shape index (κ3) is 4.80. The van der Waals surface area contributed by atoms with E-state index in [1.54, 1.807) is 38.1 Å². The standard InChI is InChI=1S/C22H18ClN5O5S/c1-3-32-18-10-14(8-16-20(24)27-22(25-21(16)29)34-12(2)26-27)9-17(23)19(18)33-11-13-4-6-15(7-5-13)28(30)31/h4-10,24H,3,11H2,1-2H3. The van der Waals surface area contributed by atoms with Crippen LogP contribution in [0.25, 0.3) is 6.08 Å². The molecule has 0 saturated heterocycles. The van der Waals surface area contributed by atoms with Crippen LogP contribution in [-0.4, -0.2) is 38.5 Å². The summed E-state index contributed by atoms with van der Waals surface area (Å²) in [5.41, 5.74) is 1.29. The molecule has 4 rings (SSSR count). The zero-order chi connectivity index (χ0) is 24.4. The molecule has 2 aliphatic rings. The van der Waals surface area contributed by atoms with Crippen molar-refractivity contribution in [3.8, 4) is 11.5 Å². The molecule has 0 spiro atoms. The maximum absolute atomic E-state index is 12.5. The average Bonchev–Trinajstić information content (AvgIpc) is 3.16. The number of hydrazone groups is 1. The number of non-ortho nitro benzene ring substituents is 1. The molecule has 10 nitrogen and oxygen atoms in total. The second-order valence-corrected chi connectivity index (χ2v) is 8.68. The number of carbonyl (C=O) groups excluding carboxylic acids is 1. The Morgan fingerprint density at radius 1 is 1.26 bits per heavy atom. The van der Waals surface area contributed by atoms with Gasteiger partial charge < -0.3 is 9.47 Å². The van der Waals surface area contributed by atoms with Gasteiger partial charge in [-0.3, -0.25) is 20.3 Å². The molecule has 174 valence electrons. The number of nitro benzene ring substituents is 1. The first kappa shape index (κ1) is 23.5. The fourth-order valence-corrected chi connectivity index (χ4v) is 4.21. The first-order valence-corrected chi connectivity index (χ1v) is 11.3. The predicted molar refractivity (Wildman–Crippen MR) is 131 cm³/mol. The van der Waals surface area contributed by atoms with Crippen LogP contribution >= 0.6 is 23.4 Å². The summed E-state index contributed by atoms with van der Waals surface area (Å²) in [6, 6.07) is 9.24. The van der Waals surface area contributed by atoms with Crippen LogP contribution in [0.5, 0.6) is 11.5 Å². The zero-order valence-corrected chi connectivity index (χ0v) is 19.6. The van der Waals surface area contributed by atoms with Crippen molar-refractivity contribution in [1.82, 2.24) is 5.01 Å². The number of amidine groups is 2. The summed E-state index contributed by atoms with van der Waals surface area (Å²) in [4.78, 5) is 26.9. The molecule has 0 aromatic heterocycles. The van der Waals surface area contributed by atoms with Crippen LogP contribution in [0.15, 0.2) is 52.1 Å². The predicted octanol–water partition coefficient (Wildman–Crippen LogP) is 4.86. The molecule has 1 amide bonds. The quantitative estimate of drug-likeness (QED) is 0.327. The number of nitrogens with one attached hydrogen (secondary N) is 1. The lowest BCUT2D eigenvalue weighted by atomic mass is 10.1. The van der Waals surface area contributed by atoms with Crippen molar-refractivity contribution in [2.75, 3.05) is 6.61 Å². The van der Waals surface area contributed by atoms with Crippen LogP contribution < -0.4 is 9.47 Å². The number of hydrogen-bond donors (Lipinski definition) is 1. The molecule has 2 aromatic rings. The molecular weight excluding hydrogens is 482 g/mol. The molecular formula is C22H18ClN5O5S. The van der Waals surface area contributed by atoms with Crippen molar-refractivity contribution < 1.29 is 19.2 Å². The van der Waals surface area contributed by atoms with Crippen molar-refractivity contribution in [3.63, 3.8) is 0 Å². The molecule has 2 aliphatic heterocycles. The van der Waals surface area contributed by atoms with Gasteiger partial charge in [-0.05, 0) is 67.1 Å². The Morgan fingerprint density at radius 2 is 2.00 bits per heavy atom. The molecule has 0 atom stereocenters. The van der Waals surface area contributed by atoms with Crippen LogP contribution in [0.2, 0.25) is 5.02 Å². The molecule has 0 aliphatic carbocycles. The van der Waals surface area contributed by atoms with Crippen LogP contribution in [0.3, 0.4) is 0 Å². The summed E-state index contributed by atoms with van der Waals surface area (Å²) in [6.07, 6.45) is 1.51. The number of aliphatic imine (C=N–C) groups is 1.